The van der Waals surface area contributed by atoms with Crippen LogP contribution in [0.4, 0.5) is 0 Å². The third-order valence-electron chi connectivity index (χ3n) is 2.38. The molecule has 1 unspecified atom stereocenters. The molecule has 1 atom stereocenters. The average Bonchev–Trinajstić information content (AvgIpc) is 2.70. The van der Waals surface area contributed by atoms with E-state index in [0.29, 0.717) is 10.0 Å². The van der Waals surface area contributed by atoms with Crippen LogP contribution in [0.3, 0.4) is 0 Å². The van der Waals surface area contributed by atoms with Crippen LogP contribution in [0.25, 0.3) is 0 Å². The minimum absolute atomic E-state index is 0.0370. The Hall–Kier alpha value is -0.960. The zero-order chi connectivity index (χ0) is 11.5. The monoisotopic (exact) mass is 255 g/mol. The van der Waals surface area contributed by atoms with Crippen LogP contribution in [-0.2, 0) is 0 Å². The van der Waals surface area contributed by atoms with Crippen molar-refractivity contribution in [2.45, 2.75) is 6.04 Å². The topological polar surface area (TPSA) is 25.2 Å². The van der Waals surface area contributed by atoms with Crippen molar-refractivity contribution in [1.82, 2.24) is 5.32 Å². The minimum atomic E-state index is 0.0370. The van der Waals surface area contributed by atoms with E-state index in [4.69, 9.17) is 27.6 Å². The van der Waals surface area contributed by atoms with Crippen molar-refractivity contribution < 1.29 is 4.42 Å². The van der Waals surface area contributed by atoms with E-state index in [1.54, 1.807) is 18.6 Å². The number of hydrogen-bond acceptors (Lipinski definition) is 2. The van der Waals surface area contributed by atoms with E-state index in [2.05, 4.69) is 5.32 Å². The highest BCUT2D eigenvalue weighted by Crippen LogP contribution is 2.27. The standard InChI is InChI=1S/C12H11Cl2NO/c1-15-12(8-2-3-16-7-8)9-4-10(13)6-11(14)5-9/h2-7,12,15H,1H3. The first-order chi connectivity index (χ1) is 7.70. The van der Waals surface area contributed by atoms with Gasteiger partial charge in [-0.3, -0.25) is 0 Å². The Morgan fingerprint density at radius 3 is 2.31 bits per heavy atom. The van der Waals surface area contributed by atoms with E-state index < -0.39 is 0 Å². The summed E-state index contributed by atoms with van der Waals surface area (Å²) in [6, 6.07) is 7.45. The number of furan rings is 1. The highest BCUT2D eigenvalue weighted by molar-refractivity contribution is 6.34. The first-order valence-electron chi connectivity index (χ1n) is 4.86. The highest BCUT2D eigenvalue weighted by atomic mass is 35.5. The molecule has 2 aromatic rings. The summed E-state index contributed by atoms with van der Waals surface area (Å²) in [6.07, 6.45) is 3.35. The first-order valence-corrected chi connectivity index (χ1v) is 5.61. The molecule has 0 spiro atoms. The van der Waals surface area contributed by atoms with Crippen molar-refractivity contribution in [3.05, 3.63) is 58.0 Å². The van der Waals surface area contributed by atoms with Gasteiger partial charge in [0.05, 0.1) is 18.6 Å². The van der Waals surface area contributed by atoms with Gasteiger partial charge in [-0.15, -0.1) is 0 Å². The summed E-state index contributed by atoms with van der Waals surface area (Å²) < 4.78 is 5.07. The fourth-order valence-corrected chi connectivity index (χ4v) is 2.25. The summed E-state index contributed by atoms with van der Waals surface area (Å²) in [5, 5.41) is 4.46. The van der Waals surface area contributed by atoms with Gasteiger partial charge in [-0.2, -0.15) is 0 Å². The van der Waals surface area contributed by atoms with E-state index >= 15 is 0 Å². The van der Waals surface area contributed by atoms with Gasteiger partial charge in [0.15, 0.2) is 0 Å². The molecule has 0 saturated heterocycles. The second kappa shape index (κ2) is 4.91. The quantitative estimate of drug-likeness (QED) is 0.901. The van der Waals surface area contributed by atoms with Crippen LogP contribution in [0, 0.1) is 0 Å². The van der Waals surface area contributed by atoms with Crippen molar-refractivity contribution in [2.24, 2.45) is 0 Å². The number of halogens is 2. The number of nitrogens with one attached hydrogen (secondary N) is 1. The Kier molecular flexibility index (Phi) is 3.54. The van der Waals surface area contributed by atoms with Gasteiger partial charge in [-0.25, -0.2) is 0 Å². The van der Waals surface area contributed by atoms with Crippen molar-refractivity contribution >= 4 is 23.2 Å². The molecule has 0 saturated carbocycles. The maximum Gasteiger partial charge on any atom is 0.0953 e. The molecule has 0 aliphatic carbocycles. The molecule has 4 heteroatoms. The van der Waals surface area contributed by atoms with Crippen LogP contribution in [0.1, 0.15) is 17.2 Å². The highest BCUT2D eigenvalue weighted by Gasteiger charge is 2.14. The van der Waals surface area contributed by atoms with Gasteiger partial charge in [-0.1, -0.05) is 23.2 Å². The summed E-state index contributed by atoms with van der Waals surface area (Å²) in [5.41, 5.74) is 2.06. The summed E-state index contributed by atoms with van der Waals surface area (Å²) in [6.45, 7) is 0. The number of hydrogen-bond donors (Lipinski definition) is 1. The smallest absolute Gasteiger partial charge is 0.0953 e. The summed E-state index contributed by atoms with van der Waals surface area (Å²) in [7, 11) is 1.88. The van der Waals surface area contributed by atoms with E-state index in [1.165, 1.54) is 0 Å². The fraction of sp³-hybridized carbons (Fsp3) is 0.167. The second-order valence-electron chi connectivity index (χ2n) is 3.48. The Morgan fingerprint density at radius 2 is 1.81 bits per heavy atom. The van der Waals surface area contributed by atoms with Crippen molar-refractivity contribution in [1.29, 1.82) is 0 Å². The number of rotatable bonds is 3. The lowest BCUT2D eigenvalue weighted by molar-refractivity contribution is 0.557. The zero-order valence-electron chi connectivity index (χ0n) is 8.71. The van der Waals surface area contributed by atoms with Crippen molar-refractivity contribution in [3.63, 3.8) is 0 Å². The van der Waals surface area contributed by atoms with E-state index in [-0.39, 0.29) is 6.04 Å². The lowest BCUT2D eigenvalue weighted by Crippen LogP contribution is -2.16. The molecule has 16 heavy (non-hydrogen) atoms. The maximum atomic E-state index is 5.98. The zero-order valence-corrected chi connectivity index (χ0v) is 10.2. The molecule has 0 fully saturated rings. The first kappa shape index (κ1) is 11.5. The van der Waals surface area contributed by atoms with Crippen LogP contribution < -0.4 is 5.32 Å². The molecule has 0 radical (unpaired) electrons. The van der Waals surface area contributed by atoms with Crippen molar-refractivity contribution in [2.75, 3.05) is 7.05 Å². The molecule has 0 aliphatic rings. The normalized spacial score (nSPS) is 12.7. The summed E-state index contributed by atoms with van der Waals surface area (Å²) >= 11 is 12.0. The predicted octanol–water partition coefficient (Wildman–Crippen LogP) is 3.90. The average molecular weight is 256 g/mol. The molecule has 2 nitrogen and oxygen atoms in total. The van der Waals surface area contributed by atoms with Gasteiger partial charge >= 0.3 is 0 Å². The van der Waals surface area contributed by atoms with Gasteiger partial charge in [0.25, 0.3) is 0 Å². The molecule has 2 rings (SSSR count). The Bertz CT molecular complexity index is 448. The summed E-state index contributed by atoms with van der Waals surface area (Å²) in [4.78, 5) is 0. The molecule has 0 bridgehead atoms. The van der Waals surface area contributed by atoms with Crippen molar-refractivity contribution in [3.8, 4) is 0 Å². The molecule has 1 aromatic carbocycles. The molecular formula is C12H11Cl2NO. The molecule has 0 aliphatic heterocycles. The van der Waals surface area contributed by atoms with Crippen LogP contribution in [-0.4, -0.2) is 7.05 Å². The molecular weight excluding hydrogens is 245 g/mol. The third-order valence-corrected chi connectivity index (χ3v) is 2.82. The van der Waals surface area contributed by atoms with E-state index in [0.717, 1.165) is 11.1 Å². The second-order valence-corrected chi connectivity index (χ2v) is 4.35. The summed E-state index contributed by atoms with van der Waals surface area (Å²) in [5.74, 6) is 0. The Balaban J connectivity index is 2.41. The number of benzene rings is 1. The minimum Gasteiger partial charge on any atom is -0.472 e. The van der Waals surface area contributed by atoms with E-state index in [1.807, 2.05) is 25.2 Å². The van der Waals surface area contributed by atoms with Gasteiger partial charge in [0, 0.05) is 15.6 Å². The lowest BCUT2D eigenvalue weighted by Gasteiger charge is -2.15. The molecule has 1 N–H and O–H groups in total. The molecule has 84 valence electrons. The lowest BCUT2D eigenvalue weighted by atomic mass is 10.0. The largest absolute Gasteiger partial charge is 0.472 e. The van der Waals surface area contributed by atoms with Crippen LogP contribution in [0.5, 0.6) is 0 Å². The van der Waals surface area contributed by atoms with Gasteiger partial charge in [0.1, 0.15) is 0 Å². The molecule has 1 aromatic heterocycles. The molecule has 0 amide bonds. The van der Waals surface area contributed by atoms with E-state index in [9.17, 15) is 0 Å². The van der Waals surface area contributed by atoms with Gasteiger partial charge in [-0.05, 0) is 36.9 Å². The Morgan fingerprint density at radius 1 is 1.12 bits per heavy atom. The SMILES string of the molecule is CNC(c1ccoc1)c1cc(Cl)cc(Cl)c1. The Labute approximate surface area is 104 Å². The van der Waals surface area contributed by atoms with Crippen LogP contribution in [0.2, 0.25) is 10.0 Å². The maximum absolute atomic E-state index is 5.98. The van der Waals surface area contributed by atoms with Gasteiger partial charge < -0.3 is 9.73 Å². The van der Waals surface area contributed by atoms with Crippen LogP contribution >= 0.6 is 23.2 Å². The van der Waals surface area contributed by atoms with Gasteiger partial charge in [0.2, 0.25) is 0 Å². The predicted molar refractivity (Wildman–Crippen MR) is 66.1 cm³/mol. The third kappa shape index (κ3) is 2.40. The fourth-order valence-electron chi connectivity index (χ4n) is 1.71. The van der Waals surface area contributed by atoms with Crippen LogP contribution in [0.15, 0.2) is 41.2 Å². The molecule has 1 heterocycles.